The van der Waals surface area contributed by atoms with E-state index in [2.05, 4.69) is 0 Å². The van der Waals surface area contributed by atoms with Gasteiger partial charge in [0, 0.05) is 0 Å². The van der Waals surface area contributed by atoms with Crippen LogP contribution in [0.3, 0.4) is 0 Å². The summed E-state index contributed by atoms with van der Waals surface area (Å²) in [5.41, 5.74) is 0. The van der Waals surface area contributed by atoms with Gasteiger partial charge in [-0.1, -0.05) is 160 Å². The van der Waals surface area contributed by atoms with Crippen molar-refractivity contribution in [2.24, 2.45) is 0 Å². The molecule has 0 rings (SSSR count). The van der Waals surface area contributed by atoms with Gasteiger partial charge in [-0.2, -0.15) is 0 Å². The first-order valence-electron chi connectivity index (χ1n) is 29.0. The van der Waals surface area contributed by atoms with E-state index in [1.165, 1.54) is 0 Å². The van der Waals surface area contributed by atoms with E-state index in [1.54, 1.807) is 0 Å². The van der Waals surface area contributed by atoms with Crippen LogP contribution in [0.1, 0.15) is 237 Å². The molecule has 0 aliphatic carbocycles. The summed E-state index contributed by atoms with van der Waals surface area (Å²) in [6.07, 6.45) is 20.0. The molecule has 0 N–H and O–H groups in total. The molecular formula is C56H108O20Zr. The van der Waals surface area contributed by atoms with E-state index < -0.39 is 47.8 Å². The smallest absolute Gasteiger partial charge is 0.542 e. The minimum atomic E-state index is -2.04. The first-order chi connectivity index (χ1) is 36.5. The summed E-state index contributed by atoms with van der Waals surface area (Å²) in [7, 11) is 0. The molecule has 0 aromatic heterocycles. The minimum Gasteiger partial charge on any atom is -0.542 e. The van der Waals surface area contributed by atoms with Gasteiger partial charge in [0.2, 0.25) is 0 Å². The van der Waals surface area contributed by atoms with Crippen molar-refractivity contribution in [3.63, 3.8) is 0 Å². The first-order valence-corrected chi connectivity index (χ1v) is 29.0. The van der Waals surface area contributed by atoms with Gasteiger partial charge in [-0.15, -0.1) is 0 Å². The van der Waals surface area contributed by atoms with Crippen LogP contribution in [-0.2, 0) is 102 Å². The minimum absolute atomic E-state index is 0. The van der Waals surface area contributed by atoms with Crippen LogP contribution in [0.4, 0.5) is 0 Å². The van der Waals surface area contributed by atoms with Gasteiger partial charge in [-0.25, -0.2) is 0 Å². The number of carbonyl (C=O) groups excluding carboxylic acids is 4. The molecule has 0 fully saturated rings. The Balaban J connectivity index is -0.000000298. The quantitative estimate of drug-likeness (QED) is 0.0425. The third-order valence-corrected chi connectivity index (χ3v) is 10.5. The van der Waals surface area contributed by atoms with Crippen molar-refractivity contribution in [2.75, 3.05) is 79.3 Å². The molecule has 0 aliphatic heterocycles. The van der Waals surface area contributed by atoms with Gasteiger partial charge in [0.05, 0.1) is 79.3 Å². The maximum absolute atomic E-state index is 11.3. The average Bonchev–Trinajstić information content (AvgIpc) is 3.39. The van der Waals surface area contributed by atoms with Crippen LogP contribution >= 0.6 is 0 Å². The summed E-state index contributed by atoms with van der Waals surface area (Å²) < 4.78 is 63.8. The molecular weight excluding hydrogens is 1080 g/mol. The van der Waals surface area contributed by atoms with Gasteiger partial charge in [-0.3, -0.25) is 0 Å². The molecule has 0 aromatic rings. The Morgan fingerprint density at radius 2 is 0.299 bits per heavy atom. The van der Waals surface area contributed by atoms with E-state index in [9.17, 15) is 39.6 Å². The Kier molecular flexibility index (Phi) is 64.4. The number of hydrogen-bond donors (Lipinski definition) is 0. The number of hydrogen-bond acceptors (Lipinski definition) is 20. The third kappa shape index (κ3) is 43.7. The molecule has 0 aromatic carbocycles. The summed E-state index contributed by atoms with van der Waals surface area (Å²) >= 11 is 0. The Morgan fingerprint density at radius 3 is 0.351 bits per heavy atom. The van der Waals surface area contributed by atoms with Crippen LogP contribution in [0, 0.1) is 0 Å². The molecule has 0 saturated carbocycles. The molecule has 20 nitrogen and oxygen atoms in total. The topological polar surface area (TPSA) is 271 Å². The zero-order valence-electron chi connectivity index (χ0n) is 50.1. The van der Waals surface area contributed by atoms with Crippen LogP contribution < -0.4 is 20.4 Å². The van der Waals surface area contributed by atoms with E-state index in [1.807, 2.05) is 83.1 Å². The number of carbonyl (C=O) groups is 4. The molecule has 456 valence electrons. The summed E-state index contributed by atoms with van der Waals surface area (Å²) in [6.45, 7) is 27.4. The predicted molar refractivity (Wildman–Crippen MR) is 281 cm³/mol. The van der Waals surface area contributed by atoms with Crippen molar-refractivity contribution >= 4 is 23.9 Å². The fourth-order valence-electron chi connectivity index (χ4n) is 5.42. The van der Waals surface area contributed by atoms with Gasteiger partial charge >= 0.3 is 50.1 Å². The van der Waals surface area contributed by atoms with Crippen molar-refractivity contribution in [1.82, 2.24) is 0 Å². The van der Waals surface area contributed by atoms with Gasteiger partial charge in [0.1, 0.15) is 23.9 Å². The molecule has 21 heteroatoms. The van der Waals surface area contributed by atoms with E-state index in [0.29, 0.717) is 0 Å². The largest absolute Gasteiger partial charge is 4.00 e. The number of rotatable bonds is 52. The van der Waals surface area contributed by atoms with Crippen LogP contribution in [-0.4, -0.2) is 127 Å². The van der Waals surface area contributed by atoms with Crippen molar-refractivity contribution in [1.29, 1.82) is 0 Å². The predicted octanol–water partition coefficient (Wildman–Crippen LogP) is 7.36. The second-order valence-corrected chi connectivity index (χ2v) is 17.8. The molecule has 0 spiro atoms. The van der Waals surface area contributed by atoms with Crippen molar-refractivity contribution in [2.45, 2.75) is 261 Å². The number of ether oxygens (including phenoxy) is 12. The summed E-state index contributed by atoms with van der Waals surface area (Å²) in [4.78, 5) is 45.3. The fraction of sp³-hybridized carbons (Fsp3) is 0.929. The van der Waals surface area contributed by atoms with E-state index >= 15 is 0 Å². The van der Waals surface area contributed by atoms with Crippen LogP contribution in [0.15, 0.2) is 0 Å². The number of aliphatic carboxylic acids is 4. The van der Waals surface area contributed by atoms with Gasteiger partial charge < -0.3 is 96.4 Å². The van der Waals surface area contributed by atoms with Crippen LogP contribution in [0.2, 0.25) is 0 Å². The van der Waals surface area contributed by atoms with Crippen LogP contribution in [0.25, 0.3) is 0 Å². The molecule has 77 heavy (non-hydrogen) atoms. The summed E-state index contributed by atoms with van der Waals surface area (Å²) in [5, 5.41) is 45.3. The van der Waals surface area contributed by atoms with Crippen molar-refractivity contribution < 1.29 is 123 Å². The molecule has 0 radical (unpaired) electrons. The van der Waals surface area contributed by atoms with E-state index in [0.717, 1.165) is 154 Å². The Morgan fingerprint density at radius 1 is 0.221 bits per heavy atom. The molecule has 0 bridgehead atoms. The molecule has 0 heterocycles. The Hall–Kier alpha value is -1.72. The fourth-order valence-corrected chi connectivity index (χ4v) is 5.42. The van der Waals surface area contributed by atoms with Crippen LogP contribution in [0.5, 0.6) is 0 Å². The summed E-state index contributed by atoms with van der Waals surface area (Å²) in [5.74, 6) is -14.0. The molecule has 0 unspecified atom stereocenters. The summed E-state index contributed by atoms with van der Waals surface area (Å²) in [6, 6.07) is 0. The molecule has 0 saturated heterocycles. The van der Waals surface area contributed by atoms with E-state index in [4.69, 9.17) is 56.8 Å². The second kappa shape index (κ2) is 58.9. The first kappa shape index (κ1) is 84.1. The Labute approximate surface area is 484 Å². The molecule has 0 atom stereocenters. The monoisotopic (exact) mass is 1190 g/mol. The zero-order valence-corrected chi connectivity index (χ0v) is 52.6. The standard InChI is InChI=1S/4C14H28O5.Zr/c4*1-4-7-10-17-14(13(15)16,18-11-8-5-2)19-12-9-6-3;/h4*4-12H2,1-3H3,(H,15,16);/q;;;;+4/p-4. The third-order valence-electron chi connectivity index (χ3n) is 10.5. The second-order valence-electron chi connectivity index (χ2n) is 17.8. The van der Waals surface area contributed by atoms with Gasteiger partial charge in [0.25, 0.3) is 0 Å². The van der Waals surface area contributed by atoms with Gasteiger partial charge in [0.15, 0.2) is 0 Å². The van der Waals surface area contributed by atoms with Gasteiger partial charge in [-0.05, 0) is 77.0 Å². The number of unbranched alkanes of at least 4 members (excludes halogenated alkanes) is 12. The molecule has 0 aliphatic rings. The number of carboxylic acids is 4. The maximum atomic E-state index is 11.3. The molecule has 0 amide bonds. The average molecular weight is 1190 g/mol. The number of carboxylic acid groups (broad SMARTS) is 4. The van der Waals surface area contributed by atoms with Crippen molar-refractivity contribution in [3.05, 3.63) is 0 Å². The SMILES string of the molecule is CCCCOC(OCCCC)(OCCCC)C(=O)[O-].CCCCOC(OCCCC)(OCCCC)C(=O)[O-].CCCCOC(OCCCC)(OCCCC)C(=O)[O-].CCCCOC(OCCCC)(OCCCC)C(=O)[O-].[Zr+4]. The van der Waals surface area contributed by atoms with Crippen molar-refractivity contribution in [3.8, 4) is 0 Å². The van der Waals surface area contributed by atoms with E-state index in [-0.39, 0.29) is 105 Å². The Bertz CT molecular complexity index is 1010. The maximum Gasteiger partial charge on any atom is 4.00 e. The zero-order chi connectivity index (χ0) is 58.3. The normalized spacial score (nSPS) is 11.6.